The van der Waals surface area contributed by atoms with Gasteiger partial charge in [-0.3, -0.25) is 0 Å². The lowest BCUT2D eigenvalue weighted by Crippen LogP contribution is -1.99. The number of rotatable bonds is 4. The van der Waals surface area contributed by atoms with Crippen LogP contribution in [-0.4, -0.2) is 0 Å². The second-order valence-electron chi connectivity index (χ2n) is 9.36. The van der Waals surface area contributed by atoms with Crippen LogP contribution < -0.4 is 0 Å². The van der Waals surface area contributed by atoms with E-state index in [2.05, 4.69) is 24.3 Å². The third-order valence-electron chi connectivity index (χ3n) is 6.17. The minimum Gasteiger partial charge on any atom is -0.207 e. The van der Waals surface area contributed by atoms with Crippen molar-refractivity contribution in [2.45, 2.75) is 53.4 Å². The molecular weight excluding hydrogens is 422 g/mol. The van der Waals surface area contributed by atoms with Crippen LogP contribution in [0.2, 0.25) is 0 Å². The number of benzene rings is 4. The van der Waals surface area contributed by atoms with Gasteiger partial charge in [0.05, 0.1) is 0 Å². The zero-order valence-corrected chi connectivity index (χ0v) is 21.0. The van der Waals surface area contributed by atoms with Crippen LogP contribution in [0.1, 0.15) is 61.8 Å². The van der Waals surface area contributed by atoms with Crippen LogP contribution in [0.3, 0.4) is 0 Å². The Kier molecular flexibility index (Phi) is 8.39. The fourth-order valence-corrected chi connectivity index (χ4v) is 4.40. The van der Waals surface area contributed by atoms with Crippen molar-refractivity contribution in [1.82, 2.24) is 0 Å². The van der Waals surface area contributed by atoms with Gasteiger partial charge in [-0.15, -0.1) is 0 Å². The van der Waals surface area contributed by atoms with Crippen molar-refractivity contribution < 1.29 is 8.78 Å². The van der Waals surface area contributed by atoms with Gasteiger partial charge in [-0.2, -0.15) is 0 Å². The van der Waals surface area contributed by atoms with Gasteiger partial charge < -0.3 is 0 Å². The van der Waals surface area contributed by atoms with Crippen LogP contribution >= 0.6 is 0 Å². The number of hydrogen-bond acceptors (Lipinski definition) is 0. The van der Waals surface area contributed by atoms with Gasteiger partial charge in [0.2, 0.25) is 0 Å². The molecule has 0 radical (unpaired) electrons. The van der Waals surface area contributed by atoms with Gasteiger partial charge in [-0.1, -0.05) is 94.4 Å². The lowest BCUT2D eigenvalue weighted by Gasteiger charge is -2.15. The Hall–Kier alpha value is -3.26. The Morgan fingerprint density at radius 1 is 0.559 bits per heavy atom. The molecular formula is C32H34F2. The average molecular weight is 457 g/mol. The van der Waals surface area contributed by atoms with Crippen LogP contribution in [0.15, 0.2) is 84.9 Å². The summed E-state index contributed by atoms with van der Waals surface area (Å²) in [6, 6.07) is 27.3. The molecule has 0 saturated carbocycles. The number of aryl methyl sites for hydroxylation is 1. The maximum Gasteiger partial charge on any atom is 0.126 e. The summed E-state index contributed by atoms with van der Waals surface area (Å²) < 4.78 is 27.6. The zero-order valence-electron chi connectivity index (χ0n) is 21.0. The normalized spacial score (nSPS) is 10.9. The number of hydrogen-bond donors (Lipinski definition) is 0. The lowest BCUT2D eigenvalue weighted by atomic mass is 9.91. The molecule has 0 N–H and O–H groups in total. The first kappa shape index (κ1) is 25.4. The molecule has 0 bridgehead atoms. The van der Waals surface area contributed by atoms with E-state index in [1.807, 2.05) is 90.1 Å². The van der Waals surface area contributed by atoms with Gasteiger partial charge in [0.1, 0.15) is 11.6 Å². The summed E-state index contributed by atoms with van der Waals surface area (Å²) in [4.78, 5) is 0. The van der Waals surface area contributed by atoms with E-state index in [9.17, 15) is 8.78 Å². The van der Waals surface area contributed by atoms with Gasteiger partial charge in [0.15, 0.2) is 0 Å². The Bertz CT molecular complexity index is 1190. The first-order chi connectivity index (χ1) is 16.2. The first-order valence-corrected chi connectivity index (χ1v) is 11.9. The minimum atomic E-state index is -0.0998. The van der Waals surface area contributed by atoms with E-state index in [1.165, 1.54) is 0 Å². The lowest BCUT2D eigenvalue weighted by molar-refractivity contribution is 0.596. The summed E-state index contributed by atoms with van der Waals surface area (Å²) in [6.07, 6.45) is 0. The van der Waals surface area contributed by atoms with Gasteiger partial charge in [0.25, 0.3) is 0 Å². The van der Waals surface area contributed by atoms with E-state index in [4.69, 9.17) is 0 Å². The van der Waals surface area contributed by atoms with E-state index >= 15 is 0 Å². The molecule has 0 nitrogen and oxygen atoms in total. The molecule has 0 aliphatic rings. The van der Waals surface area contributed by atoms with E-state index in [1.54, 1.807) is 12.1 Å². The second kappa shape index (κ2) is 11.2. The predicted molar refractivity (Wildman–Crippen MR) is 141 cm³/mol. The van der Waals surface area contributed by atoms with E-state index in [-0.39, 0.29) is 23.5 Å². The van der Waals surface area contributed by atoms with E-state index < -0.39 is 0 Å². The molecule has 0 atom stereocenters. The molecule has 0 spiro atoms. The maximum absolute atomic E-state index is 13.8. The molecule has 0 aliphatic carbocycles. The van der Waals surface area contributed by atoms with Crippen molar-refractivity contribution in [3.8, 4) is 22.3 Å². The largest absolute Gasteiger partial charge is 0.207 e. The summed E-state index contributed by atoms with van der Waals surface area (Å²) in [6.45, 7) is 12.0. The van der Waals surface area contributed by atoms with Crippen LogP contribution in [0.5, 0.6) is 0 Å². The topological polar surface area (TPSA) is 0 Å². The summed E-state index contributed by atoms with van der Waals surface area (Å²) in [5.41, 5.74) is 8.18. The molecule has 176 valence electrons. The Morgan fingerprint density at radius 2 is 1.09 bits per heavy atom. The minimum absolute atomic E-state index is 0.0998. The highest BCUT2D eigenvalue weighted by atomic mass is 19.1. The summed E-state index contributed by atoms with van der Waals surface area (Å²) >= 11 is 0. The highest BCUT2D eigenvalue weighted by molar-refractivity contribution is 5.69. The molecule has 2 heteroatoms. The van der Waals surface area contributed by atoms with Crippen molar-refractivity contribution in [2.75, 3.05) is 0 Å². The first-order valence-electron chi connectivity index (χ1n) is 11.9. The summed E-state index contributed by atoms with van der Waals surface area (Å²) in [5.74, 6) is 0.214. The molecule has 34 heavy (non-hydrogen) atoms. The van der Waals surface area contributed by atoms with Crippen molar-refractivity contribution in [2.24, 2.45) is 0 Å². The van der Waals surface area contributed by atoms with Crippen LogP contribution in [-0.2, 0) is 0 Å². The third kappa shape index (κ3) is 5.80. The molecule has 0 saturated heterocycles. The highest BCUT2D eigenvalue weighted by Gasteiger charge is 2.14. The maximum atomic E-state index is 13.8. The van der Waals surface area contributed by atoms with Crippen molar-refractivity contribution in [3.05, 3.63) is 119 Å². The molecule has 4 aromatic carbocycles. The predicted octanol–water partition coefficient (Wildman–Crippen LogP) is 9.85. The standard InChI is InChI=1S/2C16H17F/c1-11(2)14-10-15(12(3)9-16(14)17)13-7-5-4-6-8-13;1-11(2)16-12(3)14(9-10-15(16)17)13-7-5-4-6-8-13/h2*4-11H,1-3H3. The smallest absolute Gasteiger partial charge is 0.126 e. The quantitative estimate of drug-likeness (QED) is 0.287. The van der Waals surface area contributed by atoms with Crippen molar-refractivity contribution >= 4 is 0 Å². The second-order valence-corrected chi connectivity index (χ2v) is 9.36. The molecule has 0 aliphatic heterocycles. The number of halogens is 2. The van der Waals surface area contributed by atoms with Gasteiger partial charge >= 0.3 is 0 Å². The molecule has 0 heterocycles. The fraction of sp³-hybridized carbons (Fsp3) is 0.250. The van der Waals surface area contributed by atoms with Gasteiger partial charge in [0, 0.05) is 0 Å². The summed E-state index contributed by atoms with van der Waals surface area (Å²) in [7, 11) is 0. The fourth-order valence-electron chi connectivity index (χ4n) is 4.40. The van der Waals surface area contributed by atoms with E-state index in [0.29, 0.717) is 0 Å². The van der Waals surface area contributed by atoms with Crippen molar-refractivity contribution in [3.63, 3.8) is 0 Å². The van der Waals surface area contributed by atoms with Gasteiger partial charge in [-0.25, -0.2) is 8.78 Å². The van der Waals surface area contributed by atoms with E-state index in [0.717, 1.165) is 44.5 Å². The molecule has 0 aromatic heterocycles. The van der Waals surface area contributed by atoms with Crippen molar-refractivity contribution in [1.29, 1.82) is 0 Å². The van der Waals surface area contributed by atoms with Crippen LogP contribution in [0, 0.1) is 25.5 Å². The van der Waals surface area contributed by atoms with Crippen LogP contribution in [0.25, 0.3) is 22.3 Å². The Labute approximate surface area is 203 Å². The Balaban J connectivity index is 0.000000191. The third-order valence-corrected chi connectivity index (χ3v) is 6.17. The molecule has 4 aromatic rings. The molecule has 4 rings (SSSR count). The molecule has 0 amide bonds. The van der Waals surface area contributed by atoms with Crippen LogP contribution in [0.4, 0.5) is 8.78 Å². The highest BCUT2D eigenvalue weighted by Crippen LogP contribution is 2.31. The SMILES string of the molecule is Cc1c(-c2ccccc2)ccc(F)c1C(C)C.Cc1cc(F)c(C(C)C)cc1-c1ccccc1. The monoisotopic (exact) mass is 456 g/mol. The molecule has 0 fully saturated rings. The summed E-state index contributed by atoms with van der Waals surface area (Å²) in [5, 5.41) is 0. The zero-order chi connectivity index (χ0) is 24.8. The average Bonchev–Trinajstić information content (AvgIpc) is 2.80. The Morgan fingerprint density at radius 3 is 1.59 bits per heavy atom. The van der Waals surface area contributed by atoms with Gasteiger partial charge in [-0.05, 0) is 88.4 Å². The molecule has 0 unspecified atom stereocenters.